The Kier molecular flexibility index (Phi) is 3.99. The van der Waals surface area contributed by atoms with Gasteiger partial charge in [0.2, 0.25) is 0 Å². The molecule has 0 amide bonds. The molecule has 0 radical (unpaired) electrons. The Labute approximate surface area is 74.5 Å². The Morgan fingerprint density at radius 3 is 2.42 bits per heavy atom. The highest BCUT2D eigenvalue weighted by atomic mass is 19.1. The first kappa shape index (κ1) is 9.97. The van der Waals surface area contributed by atoms with Crippen molar-refractivity contribution in [2.24, 2.45) is 17.6 Å². The van der Waals surface area contributed by atoms with Gasteiger partial charge in [-0.1, -0.05) is 32.6 Å². The summed E-state index contributed by atoms with van der Waals surface area (Å²) in [5, 5.41) is 0. The van der Waals surface area contributed by atoms with Crippen LogP contribution in [-0.4, -0.2) is 12.7 Å². The minimum absolute atomic E-state index is 0.200. The molecule has 0 heterocycles. The van der Waals surface area contributed by atoms with Crippen molar-refractivity contribution in [3.8, 4) is 0 Å². The predicted molar refractivity (Wildman–Crippen MR) is 49.7 cm³/mol. The van der Waals surface area contributed by atoms with Crippen LogP contribution in [-0.2, 0) is 0 Å². The molecule has 72 valence electrons. The third-order valence-corrected chi connectivity index (χ3v) is 2.98. The van der Waals surface area contributed by atoms with Crippen LogP contribution in [0.15, 0.2) is 0 Å². The molecule has 1 rings (SSSR count). The lowest BCUT2D eigenvalue weighted by molar-refractivity contribution is 0.212. The van der Waals surface area contributed by atoms with E-state index < -0.39 is 6.17 Å². The van der Waals surface area contributed by atoms with E-state index in [9.17, 15) is 4.39 Å². The van der Waals surface area contributed by atoms with Crippen molar-refractivity contribution in [3.63, 3.8) is 0 Å². The van der Waals surface area contributed by atoms with E-state index in [4.69, 9.17) is 5.73 Å². The zero-order valence-electron chi connectivity index (χ0n) is 7.93. The van der Waals surface area contributed by atoms with Gasteiger partial charge in [0.05, 0.1) is 0 Å². The van der Waals surface area contributed by atoms with Gasteiger partial charge in [-0.2, -0.15) is 0 Å². The van der Waals surface area contributed by atoms with E-state index in [1.165, 1.54) is 25.7 Å². The highest BCUT2D eigenvalue weighted by Gasteiger charge is 2.20. The van der Waals surface area contributed by atoms with E-state index in [1.54, 1.807) is 0 Å². The topological polar surface area (TPSA) is 26.0 Å². The van der Waals surface area contributed by atoms with Crippen LogP contribution in [0.4, 0.5) is 4.39 Å². The Hall–Kier alpha value is -0.110. The van der Waals surface area contributed by atoms with Gasteiger partial charge in [-0.25, -0.2) is 4.39 Å². The second-order valence-electron chi connectivity index (χ2n) is 4.19. The number of nitrogens with two attached hydrogens (primary N) is 1. The van der Waals surface area contributed by atoms with E-state index in [1.807, 2.05) is 0 Å². The fourth-order valence-electron chi connectivity index (χ4n) is 2.02. The minimum atomic E-state index is -0.761. The van der Waals surface area contributed by atoms with E-state index in [2.05, 4.69) is 6.92 Å². The zero-order valence-corrected chi connectivity index (χ0v) is 7.93. The van der Waals surface area contributed by atoms with Crippen LogP contribution in [0.25, 0.3) is 0 Å². The smallest absolute Gasteiger partial charge is 0.113 e. The summed E-state index contributed by atoms with van der Waals surface area (Å²) in [6.07, 6.45) is 4.92. The van der Waals surface area contributed by atoms with Crippen molar-refractivity contribution in [3.05, 3.63) is 0 Å². The molecule has 0 spiro atoms. The highest BCUT2D eigenvalue weighted by molar-refractivity contribution is 4.73. The summed E-state index contributed by atoms with van der Waals surface area (Å²) < 4.78 is 12.9. The van der Waals surface area contributed by atoms with Gasteiger partial charge in [0.25, 0.3) is 0 Å². The Morgan fingerprint density at radius 2 is 1.92 bits per heavy atom. The highest BCUT2D eigenvalue weighted by Crippen LogP contribution is 2.31. The van der Waals surface area contributed by atoms with Crippen LogP contribution < -0.4 is 5.73 Å². The summed E-state index contributed by atoms with van der Waals surface area (Å²) in [5.74, 6) is 1.47. The first-order chi connectivity index (χ1) is 5.72. The maximum atomic E-state index is 12.9. The van der Waals surface area contributed by atoms with Gasteiger partial charge in [0.1, 0.15) is 6.17 Å². The van der Waals surface area contributed by atoms with Gasteiger partial charge >= 0.3 is 0 Å². The minimum Gasteiger partial charge on any atom is -0.328 e. The first-order valence-electron chi connectivity index (χ1n) is 5.06. The van der Waals surface area contributed by atoms with Crippen molar-refractivity contribution < 1.29 is 4.39 Å². The SMILES string of the molecule is CC1CCC(CC(F)CN)CC1. The van der Waals surface area contributed by atoms with Crippen molar-refractivity contribution >= 4 is 0 Å². The molecule has 2 heteroatoms. The Bertz CT molecular complexity index is 119. The maximum absolute atomic E-state index is 12.9. The molecule has 1 aliphatic carbocycles. The van der Waals surface area contributed by atoms with Gasteiger partial charge in [-0.15, -0.1) is 0 Å². The fourth-order valence-corrected chi connectivity index (χ4v) is 2.02. The van der Waals surface area contributed by atoms with Crippen molar-refractivity contribution in [1.82, 2.24) is 0 Å². The van der Waals surface area contributed by atoms with Gasteiger partial charge in [-0.05, 0) is 18.3 Å². The van der Waals surface area contributed by atoms with E-state index >= 15 is 0 Å². The van der Waals surface area contributed by atoms with Crippen LogP contribution in [0.2, 0.25) is 0 Å². The fraction of sp³-hybridized carbons (Fsp3) is 1.00. The number of halogens is 1. The second kappa shape index (κ2) is 4.80. The average molecular weight is 173 g/mol. The molecule has 1 unspecified atom stereocenters. The summed E-state index contributed by atoms with van der Waals surface area (Å²) in [6.45, 7) is 2.48. The summed E-state index contributed by atoms with van der Waals surface area (Å²) in [6, 6.07) is 0. The Morgan fingerprint density at radius 1 is 1.33 bits per heavy atom. The zero-order chi connectivity index (χ0) is 8.97. The average Bonchev–Trinajstić information content (AvgIpc) is 2.09. The molecule has 1 nitrogen and oxygen atoms in total. The second-order valence-corrected chi connectivity index (χ2v) is 4.19. The molecule has 1 fully saturated rings. The van der Waals surface area contributed by atoms with Crippen molar-refractivity contribution in [2.75, 3.05) is 6.54 Å². The van der Waals surface area contributed by atoms with Crippen LogP contribution in [0.5, 0.6) is 0 Å². The Balaban J connectivity index is 2.17. The molecule has 12 heavy (non-hydrogen) atoms. The van der Waals surface area contributed by atoms with Crippen LogP contribution in [0.1, 0.15) is 39.0 Å². The molecule has 2 N–H and O–H groups in total. The molecule has 0 saturated heterocycles. The molecular formula is C10H20FN. The molecule has 1 atom stereocenters. The molecule has 0 aliphatic heterocycles. The summed E-state index contributed by atoms with van der Waals surface area (Å²) in [7, 11) is 0. The quantitative estimate of drug-likeness (QED) is 0.697. The van der Waals surface area contributed by atoms with Gasteiger partial charge in [-0.3, -0.25) is 0 Å². The van der Waals surface area contributed by atoms with Crippen LogP contribution in [0, 0.1) is 11.8 Å². The first-order valence-corrected chi connectivity index (χ1v) is 5.06. The van der Waals surface area contributed by atoms with Crippen molar-refractivity contribution in [2.45, 2.75) is 45.2 Å². The van der Waals surface area contributed by atoms with Crippen molar-refractivity contribution in [1.29, 1.82) is 0 Å². The van der Waals surface area contributed by atoms with E-state index in [0.29, 0.717) is 12.3 Å². The molecule has 0 aromatic carbocycles. The third-order valence-electron chi connectivity index (χ3n) is 2.98. The standard InChI is InChI=1S/C10H20FN/c1-8-2-4-9(5-3-8)6-10(11)7-12/h8-10H,2-7,12H2,1H3. The third kappa shape index (κ3) is 3.10. The number of rotatable bonds is 3. The lowest BCUT2D eigenvalue weighted by Gasteiger charge is -2.26. The van der Waals surface area contributed by atoms with Gasteiger partial charge < -0.3 is 5.73 Å². The summed E-state index contributed by atoms with van der Waals surface area (Å²) in [5.41, 5.74) is 5.24. The number of hydrogen-bond acceptors (Lipinski definition) is 1. The van der Waals surface area contributed by atoms with Gasteiger partial charge in [0, 0.05) is 6.54 Å². The number of hydrogen-bond donors (Lipinski definition) is 1. The van der Waals surface area contributed by atoms with Crippen LogP contribution >= 0.6 is 0 Å². The van der Waals surface area contributed by atoms with Gasteiger partial charge in [0.15, 0.2) is 0 Å². The molecule has 0 aromatic heterocycles. The number of alkyl halides is 1. The maximum Gasteiger partial charge on any atom is 0.113 e. The summed E-state index contributed by atoms with van der Waals surface area (Å²) >= 11 is 0. The molecule has 1 aliphatic rings. The normalized spacial score (nSPS) is 33.2. The lowest BCUT2D eigenvalue weighted by atomic mass is 9.80. The van der Waals surface area contributed by atoms with E-state index in [-0.39, 0.29) is 6.54 Å². The largest absolute Gasteiger partial charge is 0.328 e. The van der Waals surface area contributed by atoms with Crippen LogP contribution in [0.3, 0.4) is 0 Å². The predicted octanol–water partition coefficient (Wildman–Crippen LogP) is 2.50. The lowest BCUT2D eigenvalue weighted by Crippen LogP contribution is -2.21. The monoisotopic (exact) mass is 173 g/mol. The molecule has 1 saturated carbocycles. The molecule has 0 bridgehead atoms. The summed E-state index contributed by atoms with van der Waals surface area (Å²) in [4.78, 5) is 0. The molecular weight excluding hydrogens is 153 g/mol. The molecule has 0 aromatic rings. The van der Waals surface area contributed by atoms with E-state index in [0.717, 1.165) is 5.92 Å².